The highest BCUT2D eigenvalue weighted by atomic mass is 19.4. The fraction of sp³-hybridized carbons (Fsp3) is 0.263. The first-order valence-electron chi connectivity index (χ1n) is 8.41. The van der Waals surface area contributed by atoms with E-state index in [4.69, 9.17) is 14.3 Å². The predicted octanol–water partition coefficient (Wildman–Crippen LogP) is 3.73. The van der Waals surface area contributed by atoms with Gasteiger partial charge in [-0.15, -0.1) is 13.2 Å². The van der Waals surface area contributed by atoms with Crippen LogP contribution in [0, 0.1) is 0 Å². The molecule has 1 amide bonds. The number of halogens is 3. The zero-order valence-corrected chi connectivity index (χ0v) is 15.4. The van der Waals surface area contributed by atoms with Gasteiger partial charge in [-0.3, -0.25) is 4.79 Å². The predicted molar refractivity (Wildman–Crippen MR) is 97.3 cm³/mol. The number of nitrogens with one attached hydrogen (secondary N) is 1. The van der Waals surface area contributed by atoms with Crippen molar-refractivity contribution in [1.29, 1.82) is 0 Å². The molecule has 0 aromatic heterocycles. The van der Waals surface area contributed by atoms with Crippen LogP contribution in [-0.2, 0) is 9.63 Å². The average molecular weight is 410 g/mol. The monoisotopic (exact) mass is 410 g/mol. The number of oxime groups is 1. The first-order valence-corrected chi connectivity index (χ1v) is 8.41. The molecule has 29 heavy (non-hydrogen) atoms. The van der Waals surface area contributed by atoms with Crippen molar-refractivity contribution in [3.63, 3.8) is 0 Å². The number of para-hydroxylation sites is 1. The summed E-state index contributed by atoms with van der Waals surface area (Å²) in [7, 11) is 3.00. The lowest BCUT2D eigenvalue weighted by Gasteiger charge is -2.12. The van der Waals surface area contributed by atoms with Crippen LogP contribution in [0.25, 0.3) is 0 Å². The van der Waals surface area contributed by atoms with E-state index in [-0.39, 0.29) is 12.2 Å². The van der Waals surface area contributed by atoms with E-state index >= 15 is 0 Å². The van der Waals surface area contributed by atoms with Gasteiger partial charge in [0.1, 0.15) is 5.75 Å². The smallest absolute Gasteiger partial charge is 0.493 e. The van der Waals surface area contributed by atoms with E-state index in [9.17, 15) is 18.0 Å². The molecule has 1 atom stereocenters. The first kappa shape index (κ1) is 20.3. The maximum atomic E-state index is 12.4. The van der Waals surface area contributed by atoms with Gasteiger partial charge >= 0.3 is 6.36 Å². The van der Waals surface area contributed by atoms with Crippen molar-refractivity contribution in [2.45, 2.75) is 18.9 Å². The van der Waals surface area contributed by atoms with Gasteiger partial charge in [0.15, 0.2) is 11.5 Å². The Morgan fingerprint density at radius 1 is 1.14 bits per heavy atom. The Labute approximate surface area is 164 Å². The number of benzene rings is 2. The van der Waals surface area contributed by atoms with Crippen LogP contribution in [0.3, 0.4) is 0 Å². The summed E-state index contributed by atoms with van der Waals surface area (Å²) in [4.78, 5) is 17.6. The summed E-state index contributed by atoms with van der Waals surface area (Å²) in [5.74, 6) is 0.110. The second kappa shape index (κ2) is 8.29. The van der Waals surface area contributed by atoms with Crippen LogP contribution in [0.5, 0.6) is 17.2 Å². The number of anilines is 1. The van der Waals surface area contributed by atoms with Crippen LogP contribution in [0.15, 0.2) is 47.6 Å². The highest BCUT2D eigenvalue weighted by Gasteiger charge is 2.32. The largest absolute Gasteiger partial charge is 0.573 e. The minimum Gasteiger partial charge on any atom is -0.493 e. The molecule has 0 aliphatic carbocycles. The highest BCUT2D eigenvalue weighted by molar-refractivity contribution is 6.08. The fourth-order valence-electron chi connectivity index (χ4n) is 2.75. The Morgan fingerprint density at radius 2 is 1.86 bits per heavy atom. The van der Waals surface area contributed by atoms with Crippen molar-refractivity contribution < 1.29 is 37.0 Å². The van der Waals surface area contributed by atoms with Crippen molar-refractivity contribution in [3.05, 3.63) is 48.0 Å². The van der Waals surface area contributed by atoms with E-state index in [1.165, 1.54) is 26.4 Å². The van der Waals surface area contributed by atoms with E-state index in [2.05, 4.69) is 15.2 Å². The number of alkyl halides is 3. The van der Waals surface area contributed by atoms with Crippen molar-refractivity contribution in [1.82, 2.24) is 0 Å². The molecule has 3 rings (SSSR count). The highest BCUT2D eigenvalue weighted by Crippen LogP contribution is 2.33. The van der Waals surface area contributed by atoms with Gasteiger partial charge in [0, 0.05) is 17.7 Å². The van der Waals surface area contributed by atoms with Gasteiger partial charge in [-0.2, -0.15) is 0 Å². The molecular weight excluding hydrogens is 393 g/mol. The molecule has 2 aromatic rings. The number of carbonyl (C=O) groups is 1. The molecule has 0 radical (unpaired) electrons. The van der Waals surface area contributed by atoms with E-state index in [0.717, 1.165) is 12.1 Å². The molecule has 1 aliphatic heterocycles. The minimum atomic E-state index is -4.78. The Bertz CT molecular complexity index is 913. The maximum Gasteiger partial charge on any atom is 0.573 e. The third-order valence-electron chi connectivity index (χ3n) is 4.03. The minimum absolute atomic E-state index is 0.185. The van der Waals surface area contributed by atoms with E-state index in [1.54, 1.807) is 18.2 Å². The van der Waals surface area contributed by atoms with Crippen LogP contribution < -0.4 is 19.5 Å². The summed E-state index contributed by atoms with van der Waals surface area (Å²) in [6.45, 7) is 0. The van der Waals surface area contributed by atoms with Gasteiger partial charge in [0.05, 0.1) is 19.9 Å². The zero-order chi connectivity index (χ0) is 21.0. The molecule has 1 heterocycles. The summed E-state index contributed by atoms with van der Waals surface area (Å²) >= 11 is 0. The SMILES string of the molecule is COc1cccc(C2=NO[C@@H](C(=O)Nc3ccc(OC(F)(F)F)cc3)C2)c1OC. The molecule has 0 saturated carbocycles. The Kier molecular flexibility index (Phi) is 5.81. The number of carbonyl (C=O) groups excluding carboxylic acids is 1. The Balaban J connectivity index is 1.64. The fourth-order valence-corrected chi connectivity index (χ4v) is 2.75. The standard InChI is InChI=1S/C19H17F3N2O5/c1-26-15-5-3-4-13(17(15)27-2)14-10-16(29-24-14)18(25)23-11-6-8-12(9-7-11)28-19(20,21)22/h3-9,16H,10H2,1-2H3,(H,23,25)/t16-/m1/s1. The number of methoxy groups -OCH3 is 2. The molecule has 154 valence electrons. The normalized spacial score (nSPS) is 15.9. The van der Waals surface area contributed by atoms with Crippen LogP contribution in [-0.4, -0.2) is 38.3 Å². The zero-order valence-electron chi connectivity index (χ0n) is 15.4. The lowest BCUT2D eigenvalue weighted by atomic mass is 10.0. The van der Waals surface area contributed by atoms with Gasteiger partial charge in [0.25, 0.3) is 5.91 Å². The van der Waals surface area contributed by atoms with Gasteiger partial charge in [-0.05, 0) is 36.4 Å². The third-order valence-corrected chi connectivity index (χ3v) is 4.03. The van der Waals surface area contributed by atoms with Gasteiger partial charge < -0.3 is 24.4 Å². The number of ether oxygens (including phenoxy) is 3. The molecule has 1 N–H and O–H groups in total. The lowest BCUT2D eigenvalue weighted by Crippen LogP contribution is -2.28. The number of hydrogen-bond donors (Lipinski definition) is 1. The van der Waals surface area contributed by atoms with E-state index in [1.807, 2.05) is 0 Å². The summed E-state index contributed by atoms with van der Waals surface area (Å²) in [6, 6.07) is 10.0. The molecule has 0 spiro atoms. The van der Waals surface area contributed by atoms with Gasteiger partial charge in [-0.1, -0.05) is 11.2 Å². The molecule has 7 nitrogen and oxygen atoms in total. The van der Waals surface area contributed by atoms with Crippen molar-refractivity contribution >= 4 is 17.3 Å². The van der Waals surface area contributed by atoms with Crippen LogP contribution in [0.4, 0.5) is 18.9 Å². The third kappa shape index (κ3) is 4.89. The van der Waals surface area contributed by atoms with Gasteiger partial charge in [-0.25, -0.2) is 0 Å². The van der Waals surface area contributed by atoms with Crippen LogP contribution >= 0.6 is 0 Å². The molecule has 2 aromatic carbocycles. The second-order valence-corrected chi connectivity index (χ2v) is 5.94. The summed E-state index contributed by atoms with van der Waals surface area (Å²) in [5, 5.41) is 6.53. The van der Waals surface area contributed by atoms with Crippen molar-refractivity contribution in [3.8, 4) is 17.2 Å². The lowest BCUT2D eigenvalue weighted by molar-refractivity contribution is -0.274. The van der Waals surface area contributed by atoms with E-state index < -0.39 is 18.4 Å². The second-order valence-electron chi connectivity index (χ2n) is 5.94. The topological polar surface area (TPSA) is 78.4 Å². The van der Waals surface area contributed by atoms with Crippen molar-refractivity contribution in [2.75, 3.05) is 19.5 Å². The molecule has 10 heteroatoms. The van der Waals surface area contributed by atoms with Crippen LogP contribution in [0.2, 0.25) is 0 Å². The number of rotatable bonds is 6. The quantitative estimate of drug-likeness (QED) is 0.785. The summed E-state index contributed by atoms with van der Waals surface area (Å²) in [5.41, 5.74) is 1.44. The van der Waals surface area contributed by atoms with Crippen LogP contribution in [0.1, 0.15) is 12.0 Å². The Morgan fingerprint density at radius 3 is 2.48 bits per heavy atom. The molecule has 0 unspecified atom stereocenters. The maximum absolute atomic E-state index is 12.4. The summed E-state index contributed by atoms with van der Waals surface area (Å²) < 4.78 is 51.0. The van der Waals surface area contributed by atoms with Gasteiger partial charge in [0.2, 0.25) is 6.10 Å². The summed E-state index contributed by atoms with van der Waals surface area (Å²) in [6.07, 6.45) is -5.49. The molecule has 0 bridgehead atoms. The average Bonchev–Trinajstić information content (AvgIpc) is 3.18. The molecular formula is C19H17F3N2O5. The first-order chi connectivity index (χ1) is 13.8. The number of hydrogen-bond acceptors (Lipinski definition) is 6. The Hall–Kier alpha value is -3.43. The molecule has 0 fully saturated rings. The van der Waals surface area contributed by atoms with Crippen molar-refractivity contribution in [2.24, 2.45) is 5.16 Å². The molecule has 1 aliphatic rings. The number of amides is 1. The number of nitrogens with zero attached hydrogens (tertiary/aromatic N) is 1. The van der Waals surface area contributed by atoms with E-state index in [0.29, 0.717) is 28.5 Å². The molecule has 0 saturated heterocycles.